The first kappa shape index (κ1) is 8.19. The van der Waals surface area contributed by atoms with Crippen molar-refractivity contribution in [2.24, 2.45) is 0 Å². The fourth-order valence-electron chi connectivity index (χ4n) is 1.10. The Morgan fingerprint density at radius 2 is 2.31 bits per heavy atom. The molecule has 4 heteroatoms. The highest BCUT2D eigenvalue weighted by Crippen LogP contribution is 2.24. The van der Waals surface area contributed by atoms with Gasteiger partial charge in [0.25, 0.3) is 5.56 Å². The molecule has 0 saturated heterocycles. The van der Waals surface area contributed by atoms with Gasteiger partial charge in [-0.2, -0.15) is 0 Å². The standard InChI is InChI=1S/C9H8N2OS/c1-6-3-5-13-8(6)9-10-4-2-7(12)11-9/h2-5H,1H3,(H,10,11,12). The molecule has 2 heterocycles. The highest BCUT2D eigenvalue weighted by Gasteiger charge is 2.04. The molecule has 0 aliphatic rings. The number of aryl methyl sites for hydroxylation is 1. The molecular weight excluding hydrogens is 184 g/mol. The summed E-state index contributed by atoms with van der Waals surface area (Å²) in [6.45, 7) is 2.00. The van der Waals surface area contributed by atoms with Crippen molar-refractivity contribution in [3.05, 3.63) is 39.6 Å². The second-order valence-electron chi connectivity index (χ2n) is 2.72. The molecule has 2 rings (SSSR count). The Morgan fingerprint density at radius 3 is 2.92 bits per heavy atom. The van der Waals surface area contributed by atoms with Crippen LogP contribution in [0.1, 0.15) is 5.56 Å². The zero-order chi connectivity index (χ0) is 9.26. The third-order valence-electron chi connectivity index (χ3n) is 1.75. The maximum atomic E-state index is 11.0. The lowest BCUT2D eigenvalue weighted by Gasteiger charge is -1.96. The third kappa shape index (κ3) is 1.53. The topological polar surface area (TPSA) is 45.8 Å². The number of hydrogen-bond acceptors (Lipinski definition) is 3. The predicted octanol–water partition coefficient (Wildman–Crippen LogP) is 1.81. The SMILES string of the molecule is Cc1ccsc1-c1nccc(=O)[nH]1. The molecule has 1 N–H and O–H groups in total. The molecule has 0 atom stereocenters. The Morgan fingerprint density at radius 1 is 1.46 bits per heavy atom. The van der Waals surface area contributed by atoms with Crippen LogP contribution in [-0.4, -0.2) is 9.97 Å². The molecule has 66 valence electrons. The first-order valence-corrected chi connectivity index (χ1v) is 4.75. The summed E-state index contributed by atoms with van der Waals surface area (Å²) in [5, 5.41) is 1.98. The Hall–Kier alpha value is -1.42. The number of hydrogen-bond donors (Lipinski definition) is 1. The number of nitrogens with one attached hydrogen (secondary N) is 1. The minimum absolute atomic E-state index is 0.113. The lowest BCUT2D eigenvalue weighted by Crippen LogP contribution is -2.05. The van der Waals surface area contributed by atoms with Gasteiger partial charge in [-0.1, -0.05) is 0 Å². The molecule has 13 heavy (non-hydrogen) atoms. The molecule has 2 aromatic rings. The zero-order valence-electron chi connectivity index (χ0n) is 7.07. The summed E-state index contributed by atoms with van der Waals surface area (Å²) in [5.41, 5.74) is 1.03. The molecule has 0 aliphatic heterocycles. The molecule has 2 aromatic heterocycles. The summed E-state index contributed by atoms with van der Waals surface area (Å²) in [6, 6.07) is 3.42. The fourth-order valence-corrected chi connectivity index (χ4v) is 1.98. The summed E-state index contributed by atoms with van der Waals surface area (Å²) in [7, 11) is 0. The van der Waals surface area contributed by atoms with E-state index in [-0.39, 0.29) is 5.56 Å². The average molecular weight is 192 g/mol. The van der Waals surface area contributed by atoms with Crippen molar-refractivity contribution in [2.75, 3.05) is 0 Å². The maximum absolute atomic E-state index is 11.0. The summed E-state index contributed by atoms with van der Waals surface area (Å²) < 4.78 is 0. The van der Waals surface area contributed by atoms with Gasteiger partial charge in [0.15, 0.2) is 0 Å². The molecule has 0 bridgehead atoms. The van der Waals surface area contributed by atoms with Crippen LogP contribution in [0.25, 0.3) is 10.7 Å². The first-order chi connectivity index (χ1) is 6.27. The number of aromatic nitrogens is 2. The van der Waals surface area contributed by atoms with Gasteiger partial charge in [0, 0.05) is 12.3 Å². The third-order valence-corrected chi connectivity index (χ3v) is 2.77. The number of nitrogens with zero attached hydrogens (tertiary/aromatic N) is 1. The van der Waals surface area contributed by atoms with E-state index < -0.39 is 0 Å². The Bertz CT molecular complexity index is 472. The van der Waals surface area contributed by atoms with Crippen LogP contribution in [0.4, 0.5) is 0 Å². The smallest absolute Gasteiger partial charge is 0.251 e. The molecule has 0 amide bonds. The second kappa shape index (κ2) is 3.14. The van der Waals surface area contributed by atoms with Crippen molar-refractivity contribution in [3.8, 4) is 10.7 Å². The van der Waals surface area contributed by atoms with E-state index >= 15 is 0 Å². The summed E-state index contributed by atoms with van der Waals surface area (Å²) in [4.78, 5) is 18.8. The Labute approximate surface area is 79.1 Å². The maximum Gasteiger partial charge on any atom is 0.251 e. The molecule has 0 radical (unpaired) electrons. The Kier molecular flexibility index (Phi) is 1.98. The van der Waals surface area contributed by atoms with E-state index in [1.165, 1.54) is 12.3 Å². The number of aromatic amines is 1. The normalized spacial score (nSPS) is 10.2. The number of H-pyrrole nitrogens is 1. The quantitative estimate of drug-likeness (QED) is 0.749. The van der Waals surface area contributed by atoms with Gasteiger partial charge >= 0.3 is 0 Å². The van der Waals surface area contributed by atoms with Crippen molar-refractivity contribution in [3.63, 3.8) is 0 Å². The van der Waals surface area contributed by atoms with Gasteiger partial charge in [-0.25, -0.2) is 4.98 Å². The lowest BCUT2D eigenvalue weighted by atomic mass is 10.3. The molecular formula is C9H8N2OS. The van der Waals surface area contributed by atoms with E-state index in [1.807, 2.05) is 18.4 Å². The molecule has 0 saturated carbocycles. The van der Waals surface area contributed by atoms with Crippen LogP contribution in [0, 0.1) is 6.92 Å². The van der Waals surface area contributed by atoms with Gasteiger partial charge < -0.3 is 4.98 Å². The van der Waals surface area contributed by atoms with Crippen molar-refractivity contribution >= 4 is 11.3 Å². The largest absolute Gasteiger partial charge is 0.306 e. The van der Waals surface area contributed by atoms with Gasteiger partial charge in [-0.3, -0.25) is 4.79 Å². The Balaban J connectivity index is 2.59. The van der Waals surface area contributed by atoms with Crippen LogP contribution < -0.4 is 5.56 Å². The minimum atomic E-state index is -0.113. The summed E-state index contributed by atoms with van der Waals surface area (Å²) in [5.74, 6) is 0.653. The zero-order valence-corrected chi connectivity index (χ0v) is 7.89. The van der Waals surface area contributed by atoms with Crippen LogP contribution in [0.3, 0.4) is 0 Å². The van der Waals surface area contributed by atoms with Crippen LogP contribution in [0.15, 0.2) is 28.5 Å². The molecule has 3 nitrogen and oxygen atoms in total. The fraction of sp³-hybridized carbons (Fsp3) is 0.111. The van der Waals surface area contributed by atoms with Crippen LogP contribution >= 0.6 is 11.3 Å². The molecule has 0 unspecified atom stereocenters. The van der Waals surface area contributed by atoms with Crippen molar-refractivity contribution < 1.29 is 0 Å². The van der Waals surface area contributed by atoms with E-state index in [1.54, 1.807) is 11.3 Å². The van der Waals surface area contributed by atoms with Gasteiger partial charge in [-0.15, -0.1) is 11.3 Å². The molecule has 0 aromatic carbocycles. The van der Waals surface area contributed by atoms with Crippen LogP contribution in [0.2, 0.25) is 0 Å². The van der Waals surface area contributed by atoms with Crippen LogP contribution in [0.5, 0.6) is 0 Å². The van der Waals surface area contributed by atoms with Crippen molar-refractivity contribution in [1.29, 1.82) is 0 Å². The number of rotatable bonds is 1. The summed E-state index contributed by atoms with van der Waals surface area (Å²) >= 11 is 1.58. The monoisotopic (exact) mass is 192 g/mol. The molecule has 0 fully saturated rings. The van der Waals surface area contributed by atoms with Crippen LogP contribution in [-0.2, 0) is 0 Å². The summed E-state index contributed by atoms with van der Waals surface area (Å²) in [6.07, 6.45) is 1.52. The van der Waals surface area contributed by atoms with Crippen molar-refractivity contribution in [1.82, 2.24) is 9.97 Å². The van der Waals surface area contributed by atoms with E-state index in [9.17, 15) is 4.79 Å². The first-order valence-electron chi connectivity index (χ1n) is 3.87. The molecule has 0 aliphatic carbocycles. The van der Waals surface area contributed by atoms with E-state index in [0.717, 1.165) is 10.4 Å². The minimum Gasteiger partial charge on any atom is -0.306 e. The van der Waals surface area contributed by atoms with E-state index in [4.69, 9.17) is 0 Å². The van der Waals surface area contributed by atoms with E-state index in [0.29, 0.717) is 5.82 Å². The van der Waals surface area contributed by atoms with Gasteiger partial charge in [0.05, 0.1) is 4.88 Å². The van der Waals surface area contributed by atoms with E-state index in [2.05, 4.69) is 9.97 Å². The average Bonchev–Trinajstić information content (AvgIpc) is 2.51. The highest BCUT2D eigenvalue weighted by molar-refractivity contribution is 7.13. The predicted molar refractivity (Wildman–Crippen MR) is 52.9 cm³/mol. The lowest BCUT2D eigenvalue weighted by molar-refractivity contribution is 1.13. The van der Waals surface area contributed by atoms with Gasteiger partial charge in [0.2, 0.25) is 0 Å². The van der Waals surface area contributed by atoms with Crippen molar-refractivity contribution in [2.45, 2.75) is 6.92 Å². The number of thiophene rings is 1. The highest BCUT2D eigenvalue weighted by atomic mass is 32.1. The van der Waals surface area contributed by atoms with Gasteiger partial charge in [0.1, 0.15) is 5.82 Å². The molecule has 0 spiro atoms. The van der Waals surface area contributed by atoms with Gasteiger partial charge in [-0.05, 0) is 23.9 Å². The second-order valence-corrected chi connectivity index (χ2v) is 3.63.